The Morgan fingerprint density at radius 2 is 2.11 bits per heavy atom. The van der Waals surface area contributed by atoms with Crippen molar-refractivity contribution < 1.29 is 14.6 Å². The lowest BCUT2D eigenvalue weighted by atomic mass is 9.90. The maximum atomic E-state index is 11.4. The molecule has 0 bridgehead atoms. The summed E-state index contributed by atoms with van der Waals surface area (Å²) in [5, 5.41) is 12.6. The van der Waals surface area contributed by atoms with E-state index in [1.165, 1.54) is 23.4 Å². The fourth-order valence-corrected chi connectivity index (χ4v) is 3.69. The molecule has 0 unspecified atom stereocenters. The van der Waals surface area contributed by atoms with Gasteiger partial charge >= 0.3 is 5.97 Å². The molecule has 2 heterocycles. The van der Waals surface area contributed by atoms with Crippen molar-refractivity contribution in [1.82, 2.24) is 4.98 Å². The fourth-order valence-electron chi connectivity index (χ4n) is 3.69. The van der Waals surface area contributed by atoms with E-state index in [2.05, 4.69) is 47.6 Å². The molecule has 0 spiro atoms. The molecular formula is C23H22N2O3. The number of ether oxygens (including phenoxy) is 1. The molecule has 4 rings (SSSR count). The minimum absolute atomic E-state index is 0.234. The number of carbonyl (C=O) groups is 1. The monoisotopic (exact) mass is 374 g/mol. The number of fused-ring (bicyclic) bond motifs is 1. The lowest BCUT2D eigenvalue weighted by Crippen LogP contribution is -2.21. The molecule has 0 saturated carbocycles. The highest BCUT2D eigenvalue weighted by Gasteiger charge is 2.22. The number of rotatable bonds is 5. The maximum absolute atomic E-state index is 11.4. The highest BCUT2D eigenvalue weighted by molar-refractivity contribution is 5.93. The Morgan fingerprint density at radius 1 is 1.25 bits per heavy atom. The van der Waals surface area contributed by atoms with Gasteiger partial charge in [0.2, 0.25) is 0 Å². The first-order valence-electron chi connectivity index (χ1n) is 9.37. The zero-order valence-corrected chi connectivity index (χ0v) is 15.7. The first-order chi connectivity index (χ1) is 13.6. The number of benzene rings is 2. The number of nitrogens with one attached hydrogen (secondary N) is 1. The van der Waals surface area contributed by atoms with Gasteiger partial charge < -0.3 is 15.2 Å². The van der Waals surface area contributed by atoms with E-state index < -0.39 is 5.97 Å². The lowest BCUT2D eigenvalue weighted by molar-refractivity contribution is 0.0697. The molecule has 1 aliphatic rings. The van der Waals surface area contributed by atoms with Gasteiger partial charge in [0.15, 0.2) is 0 Å². The molecule has 3 aromatic rings. The molecule has 1 aromatic heterocycles. The number of anilines is 1. The van der Waals surface area contributed by atoms with Crippen LogP contribution in [0, 0.1) is 6.92 Å². The van der Waals surface area contributed by atoms with Crippen molar-refractivity contribution in [3.63, 3.8) is 0 Å². The van der Waals surface area contributed by atoms with Gasteiger partial charge in [-0.15, -0.1) is 0 Å². The summed E-state index contributed by atoms with van der Waals surface area (Å²) in [4.78, 5) is 15.4. The van der Waals surface area contributed by atoms with E-state index in [9.17, 15) is 9.90 Å². The van der Waals surface area contributed by atoms with Crippen LogP contribution >= 0.6 is 0 Å². The van der Waals surface area contributed by atoms with E-state index in [1.807, 2.05) is 12.1 Å². The molecule has 1 atom stereocenters. The first kappa shape index (κ1) is 18.0. The molecule has 5 heteroatoms. The molecular weight excluding hydrogens is 352 g/mol. The number of pyridine rings is 1. The van der Waals surface area contributed by atoms with E-state index in [1.54, 1.807) is 6.20 Å². The summed E-state index contributed by atoms with van der Waals surface area (Å²) in [6.07, 6.45) is 3.93. The second kappa shape index (κ2) is 7.72. The van der Waals surface area contributed by atoms with Crippen LogP contribution in [-0.4, -0.2) is 29.2 Å². The number of carboxylic acids is 1. The summed E-state index contributed by atoms with van der Waals surface area (Å²) in [5.74, 6) is 0.195. The van der Waals surface area contributed by atoms with Gasteiger partial charge in [0.1, 0.15) is 5.75 Å². The van der Waals surface area contributed by atoms with Crippen molar-refractivity contribution in [2.75, 3.05) is 18.5 Å². The Kier molecular flexibility index (Phi) is 4.98. The second-order valence-corrected chi connectivity index (χ2v) is 7.01. The second-order valence-electron chi connectivity index (χ2n) is 7.01. The van der Waals surface area contributed by atoms with Crippen molar-refractivity contribution in [1.29, 1.82) is 0 Å². The van der Waals surface area contributed by atoms with Crippen molar-refractivity contribution in [3.05, 3.63) is 77.6 Å². The van der Waals surface area contributed by atoms with Crippen LogP contribution in [-0.2, 0) is 0 Å². The van der Waals surface area contributed by atoms with Crippen molar-refractivity contribution >= 4 is 11.7 Å². The van der Waals surface area contributed by atoms with Gasteiger partial charge in [-0.2, -0.15) is 0 Å². The van der Waals surface area contributed by atoms with Crippen LogP contribution in [0.25, 0.3) is 11.1 Å². The highest BCUT2D eigenvalue weighted by Crippen LogP contribution is 2.37. The third-order valence-electron chi connectivity index (χ3n) is 5.22. The first-order valence-corrected chi connectivity index (χ1v) is 9.37. The summed E-state index contributed by atoms with van der Waals surface area (Å²) >= 11 is 0. The van der Waals surface area contributed by atoms with Crippen LogP contribution in [0.2, 0.25) is 0 Å². The molecule has 0 aliphatic carbocycles. The Labute approximate surface area is 164 Å². The van der Waals surface area contributed by atoms with Crippen molar-refractivity contribution in [2.24, 2.45) is 0 Å². The Bertz CT molecular complexity index is 1020. The number of carboxylic acid groups (broad SMARTS) is 1. The van der Waals surface area contributed by atoms with Crippen LogP contribution in [0.4, 0.5) is 5.69 Å². The van der Waals surface area contributed by atoms with Crippen LogP contribution < -0.4 is 10.1 Å². The molecule has 142 valence electrons. The van der Waals surface area contributed by atoms with Gasteiger partial charge in [-0.3, -0.25) is 4.98 Å². The Balaban J connectivity index is 1.57. The Morgan fingerprint density at radius 3 is 2.93 bits per heavy atom. The van der Waals surface area contributed by atoms with E-state index in [0.717, 1.165) is 23.3 Å². The smallest absolute Gasteiger partial charge is 0.337 e. The molecule has 2 N–H and O–H groups in total. The number of aryl methyl sites for hydroxylation is 1. The number of nitrogens with zero attached hydrogens (tertiary/aromatic N) is 1. The van der Waals surface area contributed by atoms with E-state index in [-0.39, 0.29) is 11.5 Å². The Hall–Kier alpha value is -3.34. The van der Waals surface area contributed by atoms with Crippen LogP contribution in [0.15, 0.2) is 60.9 Å². The third-order valence-corrected chi connectivity index (χ3v) is 5.22. The average Bonchev–Trinajstić information content (AvgIpc) is 2.72. The molecule has 0 amide bonds. The SMILES string of the molecule is Cc1ccccc1-c1ccc2c(c1)OCC[C@H]2CNc1cnccc1C(=O)O. The predicted octanol–water partition coefficient (Wildman–Crippen LogP) is 4.73. The van der Waals surface area contributed by atoms with E-state index >= 15 is 0 Å². The summed E-state index contributed by atoms with van der Waals surface area (Å²) in [7, 11) is 0. The normalized spacial score (nSPS) is 15.4. The quantitative estimate of drug-likeness (QED) is 0.675. The van der Waals surface area contributed by atoms with Crippen molar-refractivity contribution in [2.45, 2.75) is 19.3 Å². The summed E-state index contributed by atoms with van der Waals surface area (Å²) in [5.41, 5.74) is 5.50. The lowest BCUT2D eigenvalue weighted by Gasteiger charge is -2.27. The average molecular weight is 374 g/mol. The van der Waals surface area contributed by atoms with Gasteiger partial charge in [-0.25, -0.2) is 4.79 Å². The topological polar surface area (TPSA) is 71.5 Å². The molecule has 0 fully saturated rings. The minimum atomic E-state index is -0.958. The summed E-state index contributed by atoms with van der Waals surface area (Å²) in [6, 6.07) is 16.2. The van der Waals surface area contributed by atoms with Gasteiger partial charge in [-0.05, 0) is 47.7 Å². The highest BCUT2D eigenvalue weighted by atomic mass is 16.5. The van der Waals surface area contributed by atoms with Gasteiger partial charge in [0.05, 0.1) is 24.1 Å². The third kappa shape index (κ3) is 3.56. The van der Waals surface area contributed by atoms with E-state index in [4.69, 9.17) is 4.74 Å². The molecule has 5 nitrogen and oxygen atoms in total. The van der Waals surface area contributed by atoms with Crippen LogP contribution in [0.1, 0.15) is 33.8 Å². The molecule has 0 radical (unpaired) electrons. The molecule has 0 saturated heterocycles. The fraction of sp³-hybridized carbons (Fsp3) is 0.217. The molecule has 2 aromatic carbocycles. The molecule has 1 aliphatic heterocycles. The predicted molar refractivity (Wildman–Crippen MR) is 109 cm³/mol. The molecule has 28 heavy (non-hydrogen) atoms. The van der Waals surface area contributed by atoms with Crippen LogP contribution in [0.3, 0.4) is 0 Å². The number of hydrogen-bond donors (Lipinski definition) is 2. The van der Waals surface area contributed by atoms with Crippen molar-refractivity contribution in [3.8, 4) is 16.9 Å². The minimum Gasteiger partial charge on any atom is -0.493 e. The largest absolute Gasteiger partial charge is 0.493 e. The zero-order valence-electron chi connectivity index (χ0n) is 15.7. The summed E-state index contributed by atoms with van der Waals surface area (Å²) < 4.78 is 5.94. The number of aromatic carboxylic acids is 1. The number of hydrogen-bond acceptors (Lipinski definition) is 4. The maximum Gasteiger partial charge on any atom is 0.337 e. The summed E-state index contributed by atoms with van der Waals surface area (Å²) in [6.45, 7) is 3.39. The standard InChI is InChI=1S/C23H22N2O3/c1-15-4-2-3-5-18(15)16-6-7-19-17(9-11-28-22(19)12-16)13-25-21-14-24-10-8-20(21)23(26)27/h2-8,10,12,14,17,25H,9,11,13H2,1H3,(H,26,27)/t17-/m0/s1. The van der Waals surface area contributed by atoms with E-state index in [0.29, 0.717) is 18.8 Å². The van der Waals surface area contributed by atoms with Crippen LogP contribution in [0.5, 0.6) is 5.75 Å². The number of aromatic nitrogens is 1. The van der Waals surface area contributed by atoms with Gasteiger partial charge in [-0.1, -0.05) is 36.4 Å². The van der Waals surface area contributed by atoms with Gasteiger partial charge in [0.25, 0.3) is 0 Å². The van der Waals surface area contributed by atoms with Gasteiger partial charge in [0, 0.05) is 18.7 Å². The zero-order chi connectivity index (χ0) is 19.5.